The van der Waals surface area contributed by atoms with Gasteiger partial charge < -0.3 is 23.5 Å². The fourth-order valence-electron chi connectivity index (χ4n) is 4.41. The summed E-state index contributed by atoms with van der Waals surface area (Å²) < 4.78 is 24.4. The van der Waals surface area contributed by atoms with Crippen LogP contribution in [0.1, 0.15) is 44.5 Å². The molecule has 1 fully saturated rings. The number of hydrogen-bond acceptors (Lipinski definition) is 9. The summed E-state index contributed by atoms with van der Waals surface area (Å²) in [5, 5.41) is 3.39. The van der Waals surface area contributed by atoms with Gasteiger partial charge in [-0.1, -0.05) is 47.0 Å². The fourth-order valence-corrected chi connectivity index (χ4v) is 4.76. The van der Waals surface area contributed by atoms with Gasteiger partial charge in [0, 0.05) is 30.4 Å². The first-order valence-electron chi connectivity index (χ1n) is 12.8. The van der Waals surface area contributed by atoms with E-state index in [-0.39, 0.29) is 28.9 Å². The second-order valence-corrected chi connectivity index (χ2v) is 10.2. The lowest BCUT2D eigenvalue weighted by molar-refractivity contribution is -0.0512. The number of carbonyl (C=O) groups is 2. The lowest BCUT2D eigenvalue weighted by Crippen LogP contribution is -2.32. The van der Waals surface area contributed by atoms with E-state index >= 15 is 0 Å². The third kappa shape index (κ3) is 6.48. The number of benzene rings is 2. The number of fused-ring (bicyclic) bond motifs is 1. The maximum atomic E-state index is 12.8. The van der Waals surface area contributed by atoms with Crippen molar-refractivity contribution >= 4 is 57.9 Å². The summed E-state index contributed by atoms with van der Waals surface area (Å²) in [6, 6.07) is 16.0. The van der Waals surface area contributed by atoms with Gasteiger partial charge >= 0.3 is 11.2 Å². The Morgan fingerprint density at radius 3 is 2.37 bits per heavy atom. The molecular weight excluding hydrogens is 568 g/mol. The summed E-state index contributed by atoms with van der Waals surface area (Å²) >= 11 is 11.6. The first-order valence-corrected chi connectivity index (χ1v) is 13.6. The molecule has 3 atom stereocenters. The van der Waals surface area contributed by atoms with E-state index in [0.29, 0.717) is 28.6 Å². The van der Waals surface area contributed by atoms with Crippen molar-refractivity contribution in [2.45, 2.75) is 38.7 Å². The first-order chi connectivity index (χ1) is 19.7. The SMILES string of the molecule is COC(=S)O[C@H]1C[C@H](n2ccc3c(Cl)nc(NC(=O)c4ccc(C)cc4)nc32)O[C@@H]1COC(=O)c1ccc(C)cc1. The lowest BCUT2D eigenvalue weighted by atomic mass is 10.1. The summed E-state index contributed by atoms with van der Waals surface area (Å²) in [7, 11) is 1.41. The maximum absolute atomic E-state index is 12.8. The summed E-state index contributed by atoms with van der Waals surface area (Å²) in [5.74, 6) is -0.805. The molecule has 0 spiro atoms. The Balaban J connectivity index is 1.36. The highest BCUT2D eigenvalue weighted by molar-refractivity contribution is 7.79. The summed E-state index contributed by atoms with van der Waals surface area (Å²) in [6.45, 7) is 3.80. The molecule has 12 heteroatoms. The average molecular weight is 595 g/mol. The average Bonchev–Trinajstić information content (AvgIpc) is 3.56. The van der Waals surface area contributed by atoms with Crippen LogP contribution in [0, 0.1) is 13.8 Å². The Morgan fingerprint density at radius 2 is 1.71 bits per heavy atom. The third-order valence-corrected chi connectivity index (χ3v) is 7.19. The van der Waals surface area contributed by atoms with Gasteiger partial charge in [0.25, 0.3) is 5.91 Å². The minimum Gasteiger partial charge on any atom is -0.460 e. The molecule has 1 amide bonds. The molecule has 0 aliphatic carbocycles. The zero-order valence-corrected chi connectivity index (χ0v) is 24.1. The maximum Gasteiger partial charge on any atom is 0.352 e. The summed E-state index contributed by atoms with van der Waals surface area (Å²) in [4.78, 5) is 34.2. The smallest absolute Gasteiger partial charge is 0.352 e. The quantitative estimate of drug-likeness (QED) is 0.170. The number of methoxy groups -OCH3 is 1. The van der Waals surface area contributed by atoms with Crippen LogP contribution in [0.4, 0.5) is 5.95 Å². The number of nitrogens with zero attached hydrogens (tertiary/aromatic N) is 3. The van der Waals surface area contributed by atoms with Gasteiger partial charge in [-0.3, -0.25) is 10.1 Å². The van der Waals surface area contributed by atoms with E-state index in [4.69, 9.17) is 42.8 Å². The molecule has 1 aliphatic rings. The number of ether oxygens (including phenoxy) is 4. The zero-order valence-electron chi connectivity index (χ0n) is 22.5. The van der Waals surface area contributed by atoms with Gasteiger partial charge in [-0.2, -0.15) is 9.97 Å². The molecular formula is C29H27ClN4O6S. The Hall–Kier alpha value is -4.06. The Kier molecular flexibility index (Phi) is 8.48. The number of thiocarbonyl (C=S) groups is 1. The van der Waals surface area contributed by atoms with E-state index in [2.05, 4.69) is 15.3 Å². The van der Waals surface area contributed by atoms with Crippen LogP contribution < -0.4 is 5.32 Å². The summed E-state index contributed by atoms with van der Waals surface area (Å²) in [5.41, 5.74) is 3.40. The van der Waals surface area contributed by atoms with Gasteiger partial charge in [0.1, 0.15) is 35.8 Å². The number of amides is 1. The molecule has 2 aromatic carbocycles. The van der Waals surface area contributed by atoms with Crippen molar-refractivity contribution in [3.8, 4) is 0 Å². The van der Waals surface area contributed by atoms with Crippen molar-refractivity contribution in [1.82, 2.24) is 14.5 Å². The molecule has 212 valence electrons. The number of nitrogens with one attached hydrogen (secondary N) is 1. The normalized spacial score (nSPS) is 18.2. The lowest BCUT2D eigenvalue weighted by Gasteiger charge is -2.19. The van der Waals surface area contributed by atoms with Gasteiger partial charge in [-0.05, 0) is 44.2 Å². The molecule has 4 aromatic rings. The van der Waals surface area contributed by atoms with Crippen molar-refractivity contribution in [3.05, 3.63) is 88.2 Å². The molecule has 0 unspecified atom stereocenters. The number of hydrogen-bond donors (Lipinski definition) is 1. The van der Waals surface area contributed by atoms with Gasteiger partial charge in [0.15, 0.2) is 0 Å². The molecule has 5 rings (SSSR count). The third-order valence-electron chi connectivity index (χ3n) is 6.64. The van der Waals surface area contributed by atoms with E-state index in [1.54, 1.807) is 41.1 Å². The molecule has 1 N–H and O–H groups in total. The highest BCUT2D eigenvalue weighted by Crippen LogP contribution is 2.35. The van der Waals surface area contributed by atoms with Crippen LogP contribution in [0.5, 0.6) is 0 Å². The number of anilines is 1. The van der Waals surface area contributed by atoms with E-state index in [1.165, 1.54) is 7.11 Å². The van der Waals surface area contributed by atoms with Crippen molar-refractivity contribution in [1.29, 1.82) is 0 Å². The summed E-state index contributed by atoms with van der Waals surface area (Å²) in [6.07, 6.45) is 0.291. The number of aromatic nitrogens is 3. The monoisotopic (exact) mass is 594 g/mol. The number of aryl methyl sites for hydroxylation is 2. The number of rotatable bonds is 7. The molecule has 0 radical (unpaired) electrons. The highest BCUT2D eigenvalue weighted by atomic mass is 35.5. The molecule has 0 saturated carbocycles. The van der Waals surface area contributed by atoms with Crippen molar-refractivity contribution in [2.24, 2.45) is 0 Å². The zero-order chi connectivity index (χ0) is 29.1. The van der Waals surface area contributed by atoms with Gasteiger partial charge in [0.05, 0.1) is 18.1 Å². The van der Waals surface area contributed by atoms with Crippen LogP contribution in [-0.2, 0) is 18.9 Å². The van der Waals surface area contributed by atoms with E-state index in [1.807, 2.05) is 38.1 Å². The van der Waals surface area contributed by atoms with E-state index in [9.17, 15) is 9.59 Å². The van der Waals surface area contributed by atoms with Crippen molar-refractivity contribution in [2.75, 3.05) is 19.0 Å². The van der Waals surface area contributed by atoms with E-state index in [0.717, 1.165) is 11.1 Å². The van der Waals surface area contributed by atoms with Gasteiger partial charge in [-0.25, -0.2) is 4.79 Å². The molecule has 41 heavy (non-hydrogen) atoms. The highest BCUT2D eigenvalue weighted by Gasteiger charge is 2.40. The van der Waals surface area contributed by atoms with Gasteiger partial charge in [-0.15, -0.1) is 0 Å². The predicted octanol–water partition coefficient (Wildman–Crippen LogP) is 5.41. The predicted molar refractivity (Wildman–Crippen MR) is 156 cm³/mol. The first kappa shape index (κ1) is 28.5. The van der Waals surface area contributed by atoms with Crippen LogP contribution in [0.3, 0.4) is 0 Å². The molecule has 3 heterocycles. The molecule has 0 bridgehead atoms. The van der Waals surface area contributed by atoms with Crippen LogP contribution >= 0.6 is 23.8 Å². The molecule has 10 nitrogen and oxygen atoms in total. The van der Waals surface area contributed by atoms with Gasteiger partial charge in [0.2, 0.25) is 5.95 Å². The number of carbonyl (C=O) groups excluding carboxylic acids is 2. The second kappa shape index (κ2) is 12.2. The second-order valence-electron chi connectivity index (χ2n) is 9.56. The van der Waals surface area contributed by atoms with Crippen LogP contribution in [0.25, 0.3) is 11.0 Å². The topological polar surface area (TPSA) is 114 Å². The minimum absolute atomic E-state index is 0.0444. The van der Waals surface area contributed by atoms with Crippen molar-refractivity contribution in [3.63, 3.8) is 0 Å². The minimum atomic E-state index is -0.655. The largest absolute Gasteiger partial charge is 0.460 e. The Morgan fingerprint density at radius 1 is 1.05 bits per heavy atom. The number of halogens is 1. The molecule has 2 aromatic heterocycles. The fraction of sp³-hybridized carbons (Fsp3) is 0.276. The Bertz CT molecular complexity index is 1590. The Labute approximate surface area is 246 Å². The molecule has 1 saturated heterocycles. The van der Waals surface area contributed by atoms with Crippen LogP contribution in [-0.4, -0.2) is 57.6 Å². The van der Waals surface area contributed by atoms with Crippen molar-refractivity contribution < 1.29 is 28.5 Å². The standard InChI is InChI=1S/C29H27ClN4O6S/c1-16-4-8-18(9-5-16)26(35)33-28-31-24(30)20-12-13-34(25(20)32-28)23-14-21(40-29(41)37-3)22(39-23)15-38-27(36)19-10-6-17(2)7-11-19/h4-13,21-23H,14-15H2,1-3H3,(H,31,32,33,35)/t21-,22+,23+/m0/s1. The van der Waals surface area contributed by atoms with Crippen LogP contribution in [0.15, 0.2) is 60.8 Å². The molecule has 1 aliphatic heterocycles. The number of esters is 1. The van der Waals surface area contributed by atoms with E-state index < -0.39 is 24.4 Å². The van der Waals surface area contributed by atoms with Crippen LogP contribution in [0.2, 0.25) is 5.15 Å².